The molecule has 3 heterocycles. The summed E-state index contributed by atoms with van der Waals surface area (Å²) in [5.41, 5.74) is 0.0138. The van der Waals surface area contributed by atoms with Gasteiger partial charge in [0.15, 0.2) is 6.61 Å². The molecule has 1 aromatic carbocycles. The van der Waals surface area contributed by atoms with Gasteiger partial charge in [0.25, 0.3) is 5.91 Å². The molecule has 138 valence electrons. The predicted octanol–water partition coefficient (Wildman–Crippen LogP) is 1.31. The molecule has 0 unspecified atom stereocenters. The summed E-state index contributed by atoms with van der Waals surface area (Å²) in [7, 11) is 0. The molecule has 0 spiro atoms. The van der Waals surface area contributed by atoms with Crippen molar-refractivity contribution in [3.8, 4) is 5.75 Å². The van der Waals surface area contributed by atoms with Gasteiger partial charge in [0.1, 0.15) is 11.3 Å². The van der Waals surface area contributed by atoms with Crippen molar-refractivity contribution in [3.05, 3.63) is 59.2 Å². The number of aromatic nitrogens is 2. The van der Waals surface area contributed by atoms with E-state index in [1.54, 1.807) is 47.6 Å². The van der Waals surface area contributed by atoms with Crippen molar-refractivity contribution in [2.24, 2.45) is 0 Å². The van der Waals surface area contributed by atoms with Gasteiger partial charge in [-0.05, 0) is 24.3 Å². The Balaban J connectivity index is 1.33. The molecule has 1 aliphatic heterocycles. The van der Waals surface area contributed by atoms with Crippen LogP contribution in [0.2, 0.25) is 0 Å². The Morgan fingerprint density at radius 1 is 1.07 bits per heavy atom. The van der Waals surface area contributed by atoms with E-state index in [4.69, 9.17) is 9.15 Å². The van der Waals surface area contributed by atoms with Crippen LogP contribution >= 0.6 is 0 Å². The fourth-order valence-electron chi connectivity index (χ4n) is 2.98. The fourth-order valence-corrected chi connectivity index (χ4v) is 2.98. The third-order valence-corrected chi connectivity index (χ3v) is 4.42. The monoisotopic (exact) mass is 366 g/mol. The first-order chi connectivity index (χ1) is 13.2. The topological polar surface area (TPSA) is 88.8 Å². The number of carbonyl (C=O) groups excluding carboxylic acids is 1. The van der Waals surface area contributed by atoms with Crippen LogP contribution in [0.5, 0.6) is 5.75 Å². The van der Waals surface area contributed by atoms with Gasteiger partial charge in [0.05, 0.1) is 0 Å². The normalized spacial score (nSPS) is 14.4. The Morgan fingerprint density at radius 2 is 1.81 bits per heavy atom. The second kappa shape index (κ2) is 7.45. The zero-order valence-electron chi connectivity index (χ0n) is 14.6. The molecular weight excluding hydrogens is 348 g/mol. The summed E-state index contributed by atoms with van der Waals surface area (Å²) in [6.07, 6.45) is 3.42. The van der Waals surface area contributed by atoms with Gasteiger partial charge in [0.2, 0.25) is 5.95 Å². The molecule has 1 amide bonds. The summed E-state index contributed by atoms with van der Waals surface area (Å²) in [6.45, 7) is 2.47. The highest BCUT2D eigenvalue weighted by Crippen LogP contribution is 2.19. The first kappa shape index (κ1) is 17.0. The zero-order valence-corrected chi connectivity index (χ0v) is 14.6. The number of ether oxygens (including phenoxy) is 1. The molecule has 3 aromatic rings. The fraction of sp³-hybridized carbons (Fsp3) is 0.263. The van der Waals surface area contributed by atoms with Crippen molar-refractivity contribution in [3.63, 3.8) is 0 Å². The average Bonchev–Trinajstić information content (AvgIpc) is 2.72. The number of nitrogens with zero attached hydrogens (tertiary/aromatic N) is 4. The number of piperazine rings is 1. The van der Waals surface area contributed by atoms with E-state index in [1.807, 2.05) is 0 Å². The molecule has 0 N–H and O–H groups in total. The van der Waals surface area contributed by atoms with E-state index >= 15 is 0 Å². The van der Waals surface area contributed by atoms with Gasteiger partial charge in [-0.15, -0.1) is 0 Å². The quantitative estimate of drug-likeness (QED) is 0.643. The van der Waals surface area contributed by atoms with Gasteiger partial charge < -0.3 is 19.0 Å². The van der Waals surface area contributed by atoms with Crippen LogP contribution in [0.25, 0.3) is 11.0 Å². The number of anilines is 1. The number of hydrogen-bond acceptors (Lipinski definition) is 7. The number of carbonyl (C=O) groups is 1. The minimum atomic E-state index is -0.420. The summed E-state index contributed by atoms with van der Waals surface area (Å²) < 4.78 is 10.7. The molecule has 4 rings (SSSR count). The standard InChI is InChI=1S/C19H18N4O4/c24-17(22-8-10-23(11-9-22)19-20-6-1-7-21-19)13-26-15-4-2-14-3-5-18(25)27-16(14)12-15/h1-7,12H,8-11,13H2. The van der Waals surface area contributed by atoms with Crippen molar-refractivity contribution in [2.45, 2.75) is 0 Å². The maximum Gasteiger partial charge on any atom is 0.336 e. The van der Waals surface area contributed by atoms with Crippen molar-refractivity contribution < 1.29 is 13.9 Å². The molecular formula is C19H18N4O4. The number of benzene rings is 1. The lowest BCUT2D eigenvalue weighted by Gasteiger charge is -2.34. The van der Waals surface area contributed by atoms with E-state index in [-0.39, 0.29) is 12.5 Å². The van der Waals surface area contributed by atoms with Crippen LogP contribution < -0.4 is 15.3 Å². The van der Waals surface area contributed by atoms with Crippen LogP contribution in [0.1, 0.15) is 0 Å². The summed E-state index contributed by atoms with van der Waals surface area (Å²) >= 11 is 0. The van der Waals surface area contributed by atoms with E-state index in [9.17, 15) is 9.59 Å². The molecule has 0 atom stereocenters. The zero-order chi connectivity index (χ0) is 18.6. The van der Waals surface area contributed by atoms with Gasteiger partial charge in [-0.1, -0.05) is 0 Å². The van der Waals surface area contributed by atoms with Crippen molar-refractivity contribution in [1.82, 2.24) is 14.9 Å². The van der Waals surface area contributed by atoms with Gasteiger partial charge in [0, 0.05) is 56.1 Å². The molecule has 0 bridgehead atoms. The van der Waals surface area contributed by atoms with Gasteiger partial charge in [-0.3, -0.25) is 4.79 Å². The molecule has 1 saturated heterocycles. The number of fused-ring (bicyclic) bond motifs is 1. The smallest absolute Gasteiger partial charge is 0.336 e. The summed E-state index contributed by atoms with van der Waals surface area (Å²) in [5.74, 6) is 1.08. The van der Waals surface area contributed by atoms with Crippen molar-refractivity contribution >= 4 is 22.8 Å². The highest BCUT2D eigenvalue weighted by Gasteiger charge is 2.22. The summed E-state index contributed by atoms with van der Waals surface area (Å²) in [6, 6.07) is 9.99. The van der Waals surface area contributed by atoms with Crippen LogP contribution in [0.3, 0.4) is 0 Å². The van der Waals surface area contributed by atoms with Crippen LogP contribution in [-0.2, 0) is 4.79 Å². The van der Waals surface area contributed by atoms with Crippen molar-refractivity contribution in [1.29, 1.82) is 0 Å². The average molecular weight is 366 g/mol. The number of amides is 1. The highest BCUT2D eigenvalue weighted by molar-refractivity contribution is 5.79. The second-order valence-corrected chi connectivity index (χ2v) is 6.16. The second-order valence-electron chi connectivity index (χ2n) is 6.16. The summed E-state index contributed by atoms with van der Waals surface area (Å²) in [5, 5.41) is 0.799. The van der Waals surface area contributed by atoms with Crippen LogP contribution in [-0.4, -0.2) is 53.6 Å². The van der Waals surface area contributed by atoms with E-state index in [0.717, 1.165) is 5.39 Å². The maximum atomic E-state index is 12.4. The van der Waals surface area contributed by atoms with E-state index in [1.165, 1.54) is 6.07 Å². The minimum Gasteiger partial charge on any atom is -0.484 e. The van der Waals surface area contributed by atoms with E-state index < -0.39 is 5.63 Å². The molecule has 0 aliphatic carbocycles. The van der Waals surface area contributed by atoms with E-state index in [0.29, 0.717) is 43.5 Å². The highest BCUT2D eigenvalue weighted by atomic mass is 16.5. The molecule has 1 aliphatic rings. The Labute approximate surface area is 155 Å². The maximum absolute atomic E-state index is 12.4. The molecule has 8 nitrogen and oxygen atoms in total. The lowest BCUT2D eigenvalue weighted by molar-refractivity contribution is -0.133. The van der Waals surface area contributed by atoms with E-state index in [2.05, 4.69) is 14.9 Å². The Bertz CT molecular complexity index is 997. The lowest BCUT2D eigenvalue weighted by Crippen LogP contribution is -2.50. The molecule has 1 fully saturated rings. The molecule has 8 heteroatoms. The Kier molecular flexibility index (Phi) is 4.69. The Morgan fingerprint density at radius 3 is 2.59 bits per heavy atom. The van der Waals surface area contributed by atoms with Crippen LogP contribution in [0.15, 0.2) is 58.0 Å². The molecule has 0 radical (unpaired) electrons. The number of hydrogen-bond donors (Lipinski definition) is 0. The summed E-state index contributed by atoms with van der Waals surface area (Å²) in [4.78, 5) is 36.0. The number of rotatable bonds is 4. The first-order valence-corrected chi connectivity index (χ1v) is 8.65. The predicted molar refractivity (Wildman–Crippen MR) is 98.8 cm³/mol. The third kappa shape index (κ3) is 3.89. The lowest BCUT2D eigenvalue weighted by atomic mass is 10.2. The Hall–Kier alpha value is -3.42. The molecule has 27 heavy (non-hydrogen) atoms. The van der Waals surface area contributed by atoms with Crippen LogP contribution in [0.4, 0.5) is 5.95 Å². The van der Waals surface area contributed by atoms with Gasteiger partial charge in [-0.2, -0.15) is 0 Å². The molecule has 0 saturated carbocycles. The third-order valence-electron chi connectivity index (χ3n) is 4.42. The van der Waals surface area contributed by atoms with Crippen LogP contribution in [0, 0.1) is 0 Å². The minimum absolute atomic E-state index is 0.0651. The molecule has 2 aromatic heterocycles. The van der Waals surface area contributed by atoms with Gasteiger partial charge in [-0.25, -0.2) is 14.8 Å². The van der Waals surface area contributed by atoms with Gasteiger partial charge >= 0.3 is 5.63 Å². The first-order valence-electron chi connectivity index (χ1n) is 8.65. The van der Waals surface area contributed by atoms with Crippen molar-refractivity contribution in [2.75, 3.05) is 37.7 Å². The largest absolute Gasteiger partial charge is 0.484 e. The SMILES string of the molecule is O=C(COc1ccc2ccc(=O)oc2c1)N1CCN(c2ncccn2)CC1.